The summed E-state index contributed by atoms with van der Waals surface area (Å²) in [5.74, 6) is 2.32. The van der Waals surface area contributed by atoms with E-state index in [1.165, 1.54) is 11.1 Å². The van der Waals surface area contributed by atoms with Crippen molar-refractivity contribution in [2.75, 3.05) is 36.4 Å². The summed E-state index contributed by atoms with van der Waals surface area (Å²) in [7, 11) is 0. The monoisotopic (exact) mass is 387 g/mol. The molecule has 0 atom stereocenters. The molecule has 3 aromatic rings. The Hall–Kier alpha value is -3.41. The average Bonchev–Trinajstić information content (AvgIpc) is 2.77. The molecule has 1 aromatic heterocycles. The number of aromatic nitrogens is 2. The second kappa shape index (κ2) is 8.31. The number of nitrogens with one attached hydrogen (secondary N) is 1. The van der Waals surface area contributed by atoms with Gasteiger partial charge < -0.3 is 15.1 Å². The summed E-state index contributed by atoms with van der Waals surface area (Å²) in [4.78, 5) is 24.6. The molecule has 1 aliphatic heterocycles. The van der Waals surface area contributed by atoms with E-state index in [1.807, 2.05) is 36.4 Å². The predicted octanol–water partition coefficient (Wildman–Crippen LogP) is 3.78. The molecule has 0 unspecified atom stereocenters. The van der Waals surface area contributed by atoms with Crippen LogP contribution in [0.4, 0.5) is 17.3 Å². The van der Waals surface area contributed by atoms with Crippen LogP contribution in [0.1, 0.15) is 11.1 Å². The van der Waals surface area contributed by atoms with Gasteiger partial charge >= 0.3 is 0 Å². The van der Waals surface area contributed by atoms with Crippen molar-refractivity contribution in [1.82, 2.24) is 14.9 Å². The fourth-order valence-electron chi connectivity index (χ4n) is 3.40. The van der Waals surface area contributed by atoms with Crippen molar-refractivity contribution in [3.63, 3.8) is 0 Å². The molecule has 0 bridgehead atoms. The molecule has 0 radical (unpaired) electrons. The minimum atomic E-state index is 0.687. The molecule has 0 spiro atoms. The van der Waals surface area contributed by atoms with Gasteiger partial charge in [0, 0.05) is 43.5 Å². The van der Waals surface area contributed by atoms with Crippen LogP contribution in [0.25, 0.3) is 11.4 Å². The summed E-state index contributed by atoms with van der Waals surface area (Å²) in [6.07, 6.45) is 0.916. The Morgan fingerprint density at radius 2 is 1.66 bits per heavy atom. The standard InChI is InChI=1S/C23H25N5O/c1-17-8-9-20(14-18(17)2)24-21-15-22(28-12-10-27(16-29)11-13-28)26-23(25-21)19-6-4-3-5-7-19/h3-9,14-16H,10-13H2,1-2H3,(H,24,25,26). The molecule has 6 heteroatoms. The molecule has 1 amide bonds. The third-order valence-corrected chi connectivity index (χ3v) is 5.31. The number of hydrogen-bond donors (Lipinski definition) is 1. The van der Waals surface area contributed by atoms with Gasteiger partial charge in [-0.05, 0) is 37.1 Å². The van der Waals surface area contributed by atoms with Gasteiger partial charge in [0.25, 0.3) is 0 Å². The Labute approximate surface area is 171 Å². The van der Waals surface area contributed by atoms with Gasteiger partial charge in [-0.15, -0.1) is 0 Å². The first kappa shape index (κ1) is 18.9. The number of carbonyl (C=O) groups is 1. The highest BCUT2D eigenvalue weighted by Gasteiger charge is 2.19. The van der Waals surface area contributed by atoms with E-state index >= 15 is 0 Å². The van der Waals surface area contributed by atoms with Crippen LogP contribution in [0.2, 0.25) is 0 Å². The van der Waals surface area contributed by atoms with E-state index in [9.17, 15) is 4.79 Å². The lowest BCUT2D eigenvalue weighted by Crippen LogP contribution is -2.46. The smallest absolute Gasteiger partial charge is 0.209 e. The summed E-state index contributed by atoms with van der Waals surface area (Å²) >= 11 is 0. The van der Waals surface area contributed by atoms with Gasteiger partial charge in [-0.2, -0.15) is 0 Å². The zero-order valence-corrected chi connectivity index (χ0v) is 16.8. The van der Waals surface area contributed by atoms with Crippen LogP contribution < -0.4 is 10.2 Å². The topological polar surface area (TPSA) is 61.4 Å². The Kier molecular flexibility index (Phi) is 5.42. The van der Waals surface area contributed by atoms with Crippen molar-refractivity contribution in [3.8, 4) is 11.4 Å². The van der Waals surface area contributed by atoms with Gasteiger partial charge in [0.1, 0.15) is 11.6 Å². The summed E-state index contributed by atoms with van der Waals surface area (Å²) in [6, 6.07) is 18.3. The molecule has 1 fully saturated rings. The maximum absolute atomic E-state index is 11.0. The van der Waals surface area contributed by atoms with Crippen molar-refractivity contribution in [2.24, 2.45) is 0 Å². The summed E-state index contributed by atoms with van der Waals surface area (Å²) in [5, 5.41) is 3.44. The molecular weight excluding hydrogens is 362 g/mol. The van der Waals surface area contributed by atoms with Gasteiger partial charge in [0.15, 0.2) is 5.82 Å². The SMILES string of the molecule is Cc1ccc(Nc2cc(N3CCN(C=O)CC3)nc(-c3ccccc3)n2)cc1C. The van der Waals surface area contributed by atoms with Gasteiger partial charge in [-0.3, -0.25) is 4.79 Å². The number of nitrogens with zero attached hydrogens (tertiary/aromatic N) is 4. The first-order valence-corrected chi connectivity index (χ1v) is 9.85. The molecule has 0 saturated carbocycles. The summed E-state index contributed by atoms with van der Waals surface area (Å²) < 4.78 is 0. The quantitative estimate of drug-likeness (QED) is 0.675. The third kappa shape index (κ3) is 4.37. The average molecular weight is 387 g/mol. The number of carbonyl (C=O) groups excluding carboxylic acids is 1. The number of anilines is 3. The molecular formula is C23H25N5O. The van der Waals surface area contributed by atoms with Gasteiger partial charge in [-0.1, -0.05) is 36.4 Å². The zero-order chi connectivity index (χ0) is 20.2. The fourth-order valence-corrected chi connectivity index (χ4v) is 3.40. The van der Waals surface area contributed by atoms with Crippen LogP contribution in [0, 0.1) is 13.8 Å². The molecule has 1 N–H and O–H groups in total. The normalized spacial score (nSPS) is 14.0. The number of benzene rings is 2. The van der Waals surface area contributed by atoms with Crippen LogP contribution in [0.3, 0.4) is 0 Å². The van der Waals surface area contributed by atoms with Crippen LogP contribution in [-0.2, 0) is 4.79 Å². The van der Waals surface area contributed by atoms with Crippen molar-refractivity contribution in [3.05, 3.63) is 65.7 Å². The molecule has 6 nitrogen and oxygen atoms in total. The van der Waals surface area contributed by atoms with Gasteiger partial charge in [0.05, 0.1) is 0 Å². The molecule has 2 aromatic carbocycles. The molecule has 29 heavy (non-hydrogen) atoms. The first-order chi connectivity index (χ1) is 14.1. The predicted molar refractivity (Wildman–Crippen MR) is 117 cm³/mol. The highest BCUT2D eigenvalue weighted by Crippen LogP contribution is 2.26. The Morgan fingerprint density at radius 1 is 0.897 bits per heavy atom. The molecule has 0 aliphatic carbocycles. The van der Waals surface area contributed by atoms with Crippen molar-refractivity contribution < 1.29 is 4.79 Å². The number of aryl methyl sites for hydroxylation is 2. The third-order valence-electron chi connectivity index (χ3n) is 5.31. The molecule has 1 aliphatic rings. The Morgan fingerprint density at radius 3 is 2.34 bits per heavy atom. The zero-order valence-electron chi connectivity index (χ0n) is 16.8. The Balaban J connectivity index is 1.68. The minimum absolute atomic E-state index is 0.687. The van der Waals surface area contributed by atoms with E-state index < -0.39 is 0 Å². The van der Waals surface area contributed by atoms with E-state index in [2.05, 4.69) is 42.3 Å². The first-order valence-electron chi connectivity index (χ1n) is 9.85. The van der Waals surface area contributed by atoms with Crippen molar-refractivity contribution >= 4 is 23.7 Å². The van der Waals surface area contributed by atoms with Crippen LogP contribution in [0.15, 0.2) is 54.6 Å². The van der Waals surface area contributed by atoms with E-state index in [-0.39, 0.29) is 0 Å². The second-order valence-corrected chi connectivity index (χ2v) is 7.35. The Bertz CT molecular complexity index is 997. The lowest BCUT2D eigenvalue weighted by atomic mass is 10.1. The van der Waals surface area contributed by atoms with E-state index in [0.29, 0.717) is 18.9 Å². The number of piperazine rings is 1. The summed E-state index contributed by atoms with van der Waals surface area (Å²) in [6.45, 7) is 7.13. The van der Waals surface area contributed by atoms with Crippen LogP contribution in [-0.4, -0.2) is 47.5 Å². The maximum atomic E-state index is 11.0. The van der Waals surface area contributed by atoms with Crippen LogP contribution >= 0.6 is 0 Å². The number of hydrogen-bond acceptors (Lipinski definition) is 5. The molecule has 4 rings (SSSR count). The maximum Gasteiger partial charge on any atom is 0.209 e. The van der Waals surface area contributed by atoms with Crippen molar-refractivity contribution in [2.45, 2.75) is 13.8 Å². The minimum Gasteiger partial charge on any atom is -0.353 e. The highest BCUT2D eigenvalue weighted by atomic mass is 16.1. The van der Waals surface area contributed by atoms with E-state index in [1.54, 1.807) is 4.90 Å². The molecule has 2 heterocycles. The van der Waals surface area contributed by atoms with E-state index in [0.717, 1.165) is 42.4 Å². The van der Waals surface area contributed by atoms with E-state index in [4.69, 9.17) is 9.97 Å². The molecule has 148 valence electrons. The largest absolute Gasteiger partial charge is 0.353 e. The highest BCUT2D eigenvalue weighted by molar-refractivity contribution is 5.66. The van der Waals surface area contributed by atoms with Gasteiger partial charge in [0.2, 0.25) is 6.41 Å². The van der Waals surface area contributed by atoms with Gasteiger partial charge in [-0.25, -0.2) is 9.97 Å². The number of rotatable bonds is 5. The van der Waals surface area contributed by atoms with Crippen molar-refractivity contribution in [1.29, 1.82) is 0 Å². The fraction of sp³-hybridized carbons (Fsp3) is 0.261. The second-order valence-electron chi connectivity index (χ2n) is 7.35. The number of amides is 1. The lowest BCUT2D eigenvalue weighted by Gasteiger charge is -2.33. The summed E-state index contributed by atoms with van der Waals surface area (Å²) in [5.41, 5.74) is 4.47. The lowest BCUT2D eigenvalue weighted by molar-refractivity contribution is -0.118. The molecule has 1 saturated heterocycles. The van der Waals surface area contributed by atoms with Crippen LogP contribution in [0.5, 0.6) is 0 Å².